The first kappa shape index (κ1) is 24.5. The van der Waals surface area contributed by atoms with Crippen LogP contribution >= 0.6 is 0 Å². The zero-order chi connectivity index (χ0) is 24.2. The third kappa shape index (κ3) is 5.63. The van der Waals surface area contributed by atoms with Gasteiger partial charge in [0.15, 0.2) is 6.29 Å². The maximum Gasteiger partial charge on any atom is 0.416 e. The average Bonchev–Trinajstić information content (AvgIpc) is 2.78. The highest BCUT2D eigenvalue weighted by molar-refractivity contribution is 5.91. The topological polar surface area (TPSA) is 77.5 Å². The van der Waals surface area contributed by atoms with Crippen LogP contribution in [-0.4, -0.2) is 44.1 Å². The molecule has 3 aromatic rings. The largest absolute Gasteiger partial charge is 0.497 e. The molecule has 0 spiro atoms. The molecule has 0 bridgehead atoms. The third-order valence-electron chi connectivity index (χ3n) is 5.36. The average molecular weight is 464 g/mol. The van der Waals surface area contributed by atoms with Crippen molar-refractivity contribution in [3.63, 3.8) is 0 Å². The van der Waals surface area contributed by atoms with Gasteiger partial charge in [0, 0.05) is 19.6 Å². The van der Waals surface area contributed by atoms with Gasteiger partial charge in [0.05, 0.1) is 30.8 Å². The molecule has 0 radical (unpaired) electrons. The molecule has 33 heavy (non-hydrogen) atoms. The number of hydrogen-bond acceptors (Lipinski definition) is 7. The highest BCUT2D eigenvalue weighted by Crippen LogP contribution is 2.36. The molecule has 178 valence electrons. The summed E-state index contributed by atoms with van der Waals surface area (Å²) in [7, 11) is 4.60. The third-order valence-corrected chi connectivity index (χ3v) is 5.36. The monoisotopic (exact) mass is 464 g/mol. The van der Waals surface area contributed by atoms with Crippen LogP contribution in [0.4, 0.5) is 24.9 Å². The molecule has 0 saturated carbocycles. The number of nitrogens with zero attached hydrogens (tertiary/aromatic N) is 2. The fourth-order valence-corrected chi connectivity index (χ4v) is 3.57. The van der Waals surface area contributed by atoms with Gasteiger partial charge in [-0.2, -0.15) is 18.2 Å². The van der Waals surface area contributed by atoms with E-state index in [1.54, 1.807) is 38.3 Å². The lowest BCUT2D eigenvalue weighted by molar-refractivity contribution is -0.138. The first-order valence-electron chi connectivity index (χ1n) is 10.3. The van der Waals surface area contributed by atoms with Crippen molar-refractivity contribution in [3.05, 3.63) is 53.1 Å². The molecule has 0 aliphatic carbocycles. The molecule has 1 aromatic heterocycles. The number of halogens is 3. The minimum atomic E-state index is -4.43. The van der Waals surface area contributed by atoms with E-state index in [1.165, 1.54) is 27.2 Å². The van der Waals surface area contributed by atoms with Crippen molar-refractivity contribution in [2.45, 2.75) is 32.4 Å². The van der Waals surface area contributed by atoms with Gasteiger partial charge in [0.2, 0.25) is 5.95 Å². The molecule has 2 N–H and O–H groups in total. The van der Waals surface area contributed by atoms with E-state index in [4.69, 9.17) is 14.2 Å². The van der Waals surface area contributed by atoms with Gasteiger partial charge in [0.25, 0.3) is 0 Å². The van der Waals surface area contributed by atoms with Crippen molar-refractivity contribution in [1.29, 1.82) is 0 Å². The quantitative estimate of drug-likeness (QED) is 0.423. The minimum Gasteiger partial charge on any atom is -0.497 e. The Morgan fingerprint density at radius 3 is 2.39 bits per heavy atom. The molecule has 0 fully saturated rings. The molecular weight excluding hydrogens is 437 g/mol. The Bertz CT molecular complexity index is 1100. The lowest BCUT2D eigenvalue weighted by Crippen LogP contribution is -2.24. The minimum absolute atomic E-state index is 0.169. The maximum absolute atomic E-state index is 13.4. The molecule has 7 nitrogen and oxygen atoms in total. The van der Waals surface area contributed by atoms with Gasteiger partial charge < -0.3 is 24.8 Å². The molecule has 0 saturated heterocycles. The van der Waals surface area contributed by atoms with Gasteiger partial charge in [0.1, 0.15) is 11.6 Å². The molecule has 2 aromatic carbocycles. The van der Waals surface area contributed by atoms with Gasteiger partial charge in [-0.15, -0.1) is 0 Å². The van der Waals surface area contributed by atoms with Gasteiger partial charge in [-0.3, -0.25) is 0 Å². The number of alkyl halides is 3. The summed E-state index contributed by atoms with van der Waals surface area (Å²) < 4.78 is 55.8. The molecule has 0 unspecified atom stereocenters. The van der Waals surface area contributed by atoms with Crippen LogP contribution in [0.5, 0.6) is 5.75 Å². The predicted molar refractivity (Wildman–Crippen MR) is 121 cm³/mol. The first-order valence-corrected chi connectivity index (χ1v) is 10.3. The molecule has 1 atom stereocenters. The number of rotatable bonds is 9. The SMILES string of the molecule is COc1ccc2nc(NCC(OC)OC)nc(N[C@H](C)c3cccc(C(F)(F)F)c3C)c2c1. The van der Waals surface area contributed by atoms with E-state index in [-0.39, 0.29) is 5.56 Å². The molecule has 10 heteroatoms. The zero-order valence-electron chi connectivity index (χ0n) is 19.1. The standard InChI is InChI=1S/C23H27F3N4O3/c1-13-16(7-6-8-18(13)23(24,25)26)14(2)28-21-17-11-15(31-3)9-10-19(17)29-22(30-21)27-12-20(32-4)33-5/h6-11,14,20H,12H2,1-5H3,(H2,27,28,29,30)/t14-/m1/s1. The van der Waals surface area contributed by atoms with E-state index in [0.717, 1.165) is 6.07 Å². The summed E-state index contributed by atoms with van der Waals surface area (Å²) >= 11 is 0. The Hall–Kier alpha value is -3.11. The van der Waals surface area contributed by atoms with Gasteiger partial charge >= 0.3 is 6.18 Å². The fourth-order valence-electron chi connectivity index (χ4n) is 3.57. The van der Waals surface area contributed by atoms with Gasteiger partial charge in [-0.25, -0.2) is 4.98 Å². The Morgan fingerprint density at radius 2 is 1.76 bits per heavy atom. The summed E-state index contributed by atoms with van der Waals surface area (Å²) in [6.07, 6.45) is -4.92. The lowest BCUT2D eigenvalue weighted by Gasteiger charge is -2.21. The first-order chi connectivity index (χ1) is 15.7. The summed E-state index contributed by atoms with van der Waals surface area (Å²) in [4.78, 5) is 9.08. The Morgan fingerprint density at radius 1 is 1.03 bits per heavy atom. The van der Waals surface area contributed by atoms with Gasteiger partial charge in [-0.05, 0) is 49.2 Å². The molecule has 3 rings (SSSR count). The zero-order valence-corrected chi connectivity index (χ0v) is 19.1. The van der Waals surface area contributed by atoms with E-state index in [1.807, 2.05) is 0 Å². The second kappa shape index (κ2) is 10.2. The molecule has 0 aliphatic rings. The van der Waals surface area contributed by atoms with Crippen LogP contribution in [0, 0.1) is 6.92 Å². The van der Waals surface area contributed by atoms with Crippen LogP contribution in [0.25, 0.3) is 10.9 Å². The molecular formula is C23H27F3N4O3. The number of ether oxygens (including phenoxy) is 3. The predicted octanol–water partition coefficient (Wildman–Crippen LogP) is 5.17. The van der Waals surface area contributed by atoms with E-state index >= 15 is 0 Å². The van der Waals surface area contributed by atoms with E-state index in [9.17, 15) is 13.2 Å². The van der Waals surface area contributed by atoms with Crippen LogP contribution in [0.1, 0.15) is 29.7 Å². The Labute approximate surface area is 190 Å². The smallest absolute Gasteiger partial charge is 0.416 e. The van der Waals surface area contributed by atoms with Crippen LogP contribution in [0.3, 0.4) is 0 Å². The highest BCUT2D eigenvalue weighted by Gasteiger charge is 2.33. The molecule has 1 heterocycles. The highest BCUT2D eigenvalue weighted by atomic mass is 19.4. The molecule has 0 aliphatic heterocycles. The second-order valence-corrected chi connectivity index (χ2v) is 7.44. The number of benzene rings is 2. The normalized spacial score (nSPS) is 12.8. The lowest BCUT2D eigenvalue weighted by atomic mass is 9.97. The number of nitrogens with one attached hydrogen (secondary N) is 2. The van der Waals surface area contributed by atoms with E-state index in [0.29, 0.717) is 40.5 Å². The van der Waals surface area contributed by atoms with Crippen LogP contribution in [-0.2, 0) is 15.7 Å². The Kier molecular flexibility index (Phi) is 7.60. The number of methoxy groups -OCH3 is 3. The summed E-state index contributed by atoms with van der Waals surface area (Å²) in [6.45, 7) is 3.56. The number of fused-ring (bicyclic) bond motifs is 1. The van der Waals surface area contributed by atoms with Crippen LogP contribution < -0.4 is 15.4 Å². The summed E-state index contributed by atoms with van der Waals surface area (Å²) in [5.74, 6) is 1.39. The van der Waals surface area contributed by atoms with E-state index < -0.39 is 24.1 Å². The Balaban J connectivity index is 2.00. The van der Waals surface area contributed by atoms with Crippen molar-refractivity contribution in [1.82, 2.24) is 9.97 Å². The second-order valence-electron chi connectivity index (χ2n) is 7.44. The number of hydrogen-bond donors (Lipinski definition) is 2. The number of anilines is 2. The van der Waals surface area contributed by atoms with Crippen LogP contribution in [0.2, 0.25) is 0 Å². The van der Waals surface area contributed by atoms with Crippen molar-refractivity contribution >= 4 is 22.7 Å². The van der Waals surface area contributed by atoms with E-state index in [2.05, 4.69) is 20.6 Å². The summed E-state index contributed by atoms with van der Waals surface area (Å²) in [5.41, 5.74) is 0.667. The fraction of sp³-hybridized carbons (Fsp3) is 0.391. The van der Waals surface area contributed by atoms with Crippen molar-refractivity contribution < 1.29 is 27.4 Å². The van der Waals surface area contributed by atoms with Crippen LogP contribution in [0.15, 0.2) is 36.4 Å². The maximum atomic E-state index is 13.4. The van der Waals surface area contributed by atoms with Crippen molar-refractivity contribution in [2.24, 2.45) is 0 Å². The van der Waals surface area contributed by atoms with Crippen molar-refractivity contribution in [3.8, 4) is 5.75 Å². The van der Waals surface area contributed by atoms with Gasteiger partial charge in [-0.1, -0.05) is 12.1 Å². The number of aromatic nitrogens is 2. The molecule has 0 amide bonds. The van der Waals surface area contributed by atoms with Crippen molar-refractivity contribution in [2.75, 3.05) is 38.5 Å². The summed E-state index contributed by atoms with van der Waals surface area (Å²) in [5, 5.41) is 6.99. The summed E-state index contributed by atoms with van der Waals surface area (Å²) in [6, 6.07) is 9.05.